The molecule has 1 saturated carbocycles. The zero-order valence-electron chi connectivity index (χ0n) is 28.8. The Kier molecular flexibility index (Phi) is 7.96. The van der Waals surface area contributed by atoms with Gasteiger partial charge in [0.25, 0.3) is 0 Å². The Labute approximate surface area is 289 Å². The second-order valence-electron chi connectivity index (χ2n) is 14.9. The van der Waals surface area contributed by atoms with Gasteiger partial charge in [0.15, 0.2) is 12.4 Å². The van der Waals surface area contributed by atoms with Crippen LogP contribution in [0, 0.1) is 12.3 Å². The van der Waals surface area contributed by atoms with E-state index in [2.05, 4.69) is 51.6 Å². The van der Waals surface area contributed by atoms with Crippen LogP contribution in [0.1, 0.15) is 49.1 Å². The number of fused-ring (bicyclic) bond motifs is 2. The molecule has 3 aliphatic heterocycles. The average molecular weight is 689 g/mol. The Morgan fingerprint density at radius 2 is 1.84 bits per heavy atom. The molecule has 0 bridgehead atoms. The maximum Gasteiger partial charge on any atom is 0.422 e. The van der Waals surface area contributed by atoms with E-state index < -0.39 is 12.8 Å². The first-order chi connectivity index (χ1) is 23.9. The van der Waals surface area contributed by atoms with Crippen LogP contribution in [-0.2, 0) is 4.79 Å². The van der Waals surface area contributed by atoms with Crippen molar-refractivity contribution in [1.82, 2.24) is 30.0 Å². The van der Waals surface area contributed by atoms with Gasteiger partial charge in [0, 0.05) is 67.1 Å². The number of anilines is 2. The molecule has 1 amide bonds. The zero-order chi connectivity index (χ0) is 34.9. The molecule has 2 aromatic heterocycles. The lowest BCUT2D eigenvalue weighted by molar-refractivity contribution is -0.153. The number of rotatable bonds is 8. The molecule has 10 nitrogen and oxygen atoms in total. The third-order valence-electron chi connectivity index (χ3n) is 11.3. The van der Waals surface area contributed by atoms with Crippen LogP contribution in [0.3, 0.4) is 0 Å². The third-order valence-corrected chi connectivity index (χ3v) is 11.3. The fraction of sp³-hybridized carbons (Fsp3) is 0.514. The van der Waals surface area contributed by atoms with E-state index in [1.165, 1.54) is 6.08 Å². The van der Waals surface area contributed by atoms with Crippen molar-refractivity contribution in [2.45, 2.75) is 57.2 Å². The molecule has 8 rings (SSSR count). The van der Waals surface area contributed by atoms with Crippen molar-refractivity contribution < 1.29 is 22.7 Å². The lowest BCUT2D eigenvalue weighted by atomic mass is 9.72. The molecule has 3 saturated heterocycles. The van der Waals surface area contributed by atoms with Crippen molar-refractivity contribution in [3.8, 4) is 16.9 Å². The van der Waals surface area contributed by atoms with Gasteiger partial charge in [-0.25, -0.2) is 4.98 Å². The number of aromatic amines is 1. The molecule has 13 heteroatoms. The molecule has 1 atom stereocenters. The average Bonchev–Trinajstić information content (AvgIpc) is 3.59. The number of carbonyl (C=O) groups is 1. The number of piperidine rings is 1. The molecule has 2 aromatic carbocycles. The molecule has 0 radical (unpaired) electrons. The SMILES string of the molecule is C=CC(=O)N1CC2(CCN(c3nc(N4CC[C@@H](N(C)C)C4)nc4c(OCC(F)(F)F)c(-c5c(C)ccc6[nH]ncc56)c(C5CC5)cc34)CC2)C1. The Hall–Kier alpha value is -4.39. The summed E-state index contributed by atoms with van der Waals surface area (Å²) in [4.78, 5) is 31.0. The van der Waals surface area contributed by atoms with Gasteiger partial charge in [-0.05, 0) is 93.9 Å². The van der Waals surface area contributed by atoms with Gasteiger partial charge < -0.3 is 24.3 Å². The Bertz CT molecular complexity index is 1970. The quantitative estimate of drug-likeness (QED) is 0.224. The number of H-pyrrole nitrogens is 1. The lowest BCUT2D eigenvalue weighted by Gasteiger charge is -2.54. The molecule has 4 aliphatic rings. The molecule has 50 heavy (non-hydrogen) atoms. The minimum absolute atomic E-state index is 0.0396. The first-order valence-corrected chi connectivity index (χ1v) is 17.5. The van der Waals surface area contributed by atoms with Crippen molar-refractivity contribution in [2.24, 2.45) is 5.41 Å². The minimum Gasteiger partial charge on any atom is -0.481 e. The highest BCUT2D eigenvalue weighted by atomic mass is 19.4. The monoisotopic (exact) mass is 688 g/mol. The van der Waals surface area contributed by atoms with E-state index in [0.29, 0.717) is 61.2 Å². The van der Waals surface area contributed by atoms with Gasteiger partial charge in [0.05, 0.1) is 11.7 Å². The maximum atomic E-state index is 14.0. The zero-order valence-corrected chi connectivity index (χ0v) is 28.8. The van der Waals surface area contributed by atoms with Crippen LogP contribution in [0.2, 0.25) is 0 Å². The molecule has 1 spiro atoms. The summed E-state index contributed by atoms with van der Waals surface area (Å²) in [6.45, 7) is 8.49. The van der Waals surface area contributed by atoms with E-state index in [1.807, 2.05) is 24.0 Å². The maximum absolute atomic E-state index is 14.0. The normalized spacial score (nSPS) is 20.7. The number of nitrogens with zero attached hydrogens (tertiary/aromatic N) is 7. The molecule has 1 aliphatic carbocycles. The second-order valence-corrected chi connectivity index (χ2v) is 14.9. The number of aromatic nitrogens is 4. The number of carbonyl (C=O) groups excluding carboxylic acids is 1. The van der Waals surface area contributed by atoms with Gasteiger partial charge in [-0.1, -0.05) is 12.6 Å². The topological polar surface area (TPSA) is 93.7 Å². The summed E-state index contributed by atoms with van der Waals surface area (Å²) >= 11 is 0. The van der Waals surface area contributed by atoms with Crippen molar-refractivity contribution >= 4 is 39.5 Å². The van der Waals surface area contributed by atoms with E-state index in [-0.39, 0.29) is 23.0 Å². The molecule has 5 heterocycles. The Morgan fingerprint density at radius 3 is 2.50 bits per heavy atom. The van der Waals surface area contributed by atoms with Crippen LogP contribution in [-0.4, -0.2) is 108 Å². The van der Waals surface area contributed by atoms with E-state index in [9.17, 15) is 18.0 Å². The van der Waals surface area contributed by atoms with Gasteiger partial charge in [-0.3, -0.25) is 9.89 Å². The van der Waals surface area contributed by atoms with Crippen molar-refractivity contribution in [3.63, 3.8) is 0 Å². The van der Waals surface area contributed by atoms with E-state index in [0.717, 1.165) is 72.1 Å². The largest absolute Gasteiger partial charge is 0.481 e. The van der Waals surface area contributed by atoms with Gasteiger partial charge in [-0.2, -0.15) is 23.3 Å². The number of hydrogen-bond donors (Lipinski definition) is 1. The number of nitrogens with one attached hydrogen (secondary N) is 1. The molecular formula is C37H43F3N8O2. The highest BCUT2D eigenvalue weighted by Crippen LogP contribution is 2.53. The fourth-order valence-corrected chi connectivity index (χ4v) is 8.24. The predicted octanol–water partition coefficient (Wildman–Crippen LogP) is 6.06. The number of aryl methyl sites for hydroxylation is 1. The van der Waals surface area contributed by atoms with Gasteiger partial charge >= 0.3 is 6.18 Å². The number of halogens is 3. The summed E-state index contributed by atoms with van der Waals surface area (Å²) in [7, 11) is 4.12. The summed E-state index contributed by atoms with van der Waals surface area (Å²) < 4.78 is 48.1. The first-order valence-electron chi connectivity index (χ1n) is 17.5. The van der Waals surface area contributed by atoms with Crippen molar-refractivity contribution in [3.05, 3.63) is 48.2 Å². The fourth-order valence-electron chi connectivity index (χ4n) is 8.24. The van der Waals surface area contributed by atoms with E-state index in [4.69, 9.17) is 14.7 Å². The number of likely N-dealkylation sites (N-methyl/N-ethyl adjacent to an activating group) is 1. The van der Waals surface area contributed by atoms with Crippen LogP contribution in [0.15, 0.2) is 37.1 Å². The van der Waals surface area contributed by atoms with Crippen LogP contribution in [0.4, 0.5) is 24.9 Å². The Balaban J connectivity index is 1.31. The summed E-state index contributed by atoms with van der Waals surface area (Å²) in [6.07, 6.45) is 3.14. The molecule has 4 aromatic rings. The predicted molar refractivity (Wildman–Crippen MR) is 188 cm³/mol. The van der Waals surface area contributed by atoms with Crippen LogP contribution < -0.4 is 14.5 Å². The van der Waals surface area contributed by atoms with Gasteiger partial charge in [0.1, 0.15) is 11.3 Å². The van der Waals surface area contributed by atoms with Gasteiger partial charge in [0.2, 0.25) is 11.9 Å². The highest BCUT2D eigenvalue weighted by Gasteiger charge is 2.47. The first kappa shape index (κ1) is 32.8. The van der Waals surface area contributed by atoms with E-state index in [1.54, 1.807) is 6.20 Å². The van der Waals surface area contributed by atoms with Gasteiger partial charge in [-0.15, -0.1) is 0 Å². The second kappa shape index (κ2) is 12.1. The summed E-state index contributed by atoms with van der Waals surface area (Å²) in [5.74, 6) is 1.53. The third kappa shape index (κ3) is 5.82. The summed E-state index contributed by atoms with van der Waals surface area (Å²) in [5, 5.41) is 8.86. The molecule has 264 valence electrons. The molecule has 1 N–H and O–H groups in total. The van der Waals surface area contributed by atoms with Crippen LogP contribution in [0.5, 0.6) is 5.75 Å². The standard InChI is InChI=1S/C37H43F3N8O2/c1-5-29(49)48-19-36(20-48)11-14-46(15-12-36)34-26-16-25(23-7-8-23)31(30-22(2)6-9-28-27(30)17-41-44-28)33(50-21-37(38,39)40)32(26)42-35(43-34)47-13-10-24(18-47)45(3)4/h5-6,9,16-17,23-24H,1,7-8,10-15,18-21H2,2-4H3,(H,41,44)/t24-/m1/s1. The highest BCUT2D eigenvalue weighted by molar-refractivity contribution is 6.06. The van der Waals surface area contributed by atoms with Crippen LogP contribution in [0.25, 0.3) is 32.9 Å². The lowest BCUT2D eigenvalue weighted by Crippen LogP contribution is -2.61. The molecular weight excluding hydrogens is 645 g/mol. The molecule has 4 fully saturated rings. The smallest absolute Gasteiger partial charge is 0.422 e. The minimum atomic E-state index is -4.55. The number of alkyl halides is 3. The summed E-state index contributed by atoms with van der Waals surface area (Å²) in [6, 6.07) is 6.35. The van der Waals surface area contributed by atoms with Crippen LogP contribution >= 0.6 is 0 Å². The Morgan fingerprint density at radius 1 is 1.08 bits per heavy atom. The summed E-state index contributed by atoms with van der Waals surface area (Å²) in [5.41, 5.74) is 4.62. The van der Waals surface area contributed by atoms with Crippen molar-refractivity contribution in [1.29, 1.82) is 0 Å². The van der Waals surface area contributed by atoms with E-state index >= 15 is 0 Å². The number of ether oxygens (including phenoxy) is 1. The molecule has 0 unspecified atom stereocenters. The van der Waals surface area contributed by atoms with Crippen molar-refractivity contribution in [2.75, 3.05) is 69.8 Å². The number of amides is 1. The number of benzene rings is 2. The number of hydrogen-bond acceptors (Lipinski definition) is 8. The number of likely N-dealkylation sites (tertiary alicyclic amines) is 1.